The summed E-state index contributed by atoms with van der Waals surface area (Å²) >= 11 is 0. The summed E-state index contributed by atoms with van der Waals surface area (Å²) < 4.78 is 25.1. The Morgan fingerprint density at radius 3 is 2.67 bits per heavy atom. The van der Waals surface area contributed by atoms with Gasteiger partial charge in [0.1, 0.15) is 0 Å². The van der Waals surface area contributed by atoms with E-state index in [0.29, 0.717) is 17.8 Å². The Bertz CT molecular complexity index is 629. The van der Waals surface area contributed by atoms with Gasteiger partial charge in [-0.1, -0.05) is 0 Å². The first-order chi connectivity index (χ1) is 8.23. The quantitative estimate of drug-likeness (QED) is 0.835. The van der Waals surface area contributed by atoms with Crippen molar-refractivity contribution < 1.29 is 8.42 Å². The van der Waals surface area contributed by atoms with Gasteiger partial charge in [0.15, 0.2) is 0 Å². The Morgan fingerprint density at radius 1 is 1.44 bits per heavy atom. The van der Waals surface area contributed by atoms with Crippen LogP contribution in [0.2, 0.25) is 0 Å². The molecule has 1 aliphatic rings. The van der Waals surface area contributed by atoms with Crippen molar-refractivity contribution in [2.24, 2.45) is 0 Å². The summed E-state index contributed by atoms with van der Waals surface area (Å²) in [6.07, 6.45) is 1.18. The fraction of sp³-hybridized carbons (Fsp3) is 0.417. The monoisotopic (exact) mass is 265 g/mol. The zero-order valence-electron chi connectivity index (χ0n) is 10.6. The highest BCUT2D eigenvalue weighted by molar-refractivity contribution is 7.92. The van der Waals surface area contributed by atoms with Gasteiger partial charge in [0.25, 0.3) is 0 Å². The van der Waals surface area contributed by atoms with Crippen LogP contribution < -0.4 is 9.62 Å². The predicted molar refractivity (Wildman–Crippen MR) is 71.0 cm³/mol. The Labute approximate surface area is 107 Å². The van der Waals surface area contributed by atoms with Gasteiger partial charge in [-0.15, -0.1) is 0 Å². The standard InChI is InChI=1S/C12H15N3O2S/c1-12(2)8-15(18(3,16)17)11-6-9(7-13)4-5-10(11)14-12/h4-6,14H,8H2,1-3H3. The first-order valence-electron chi connectivity index (χ1n) is 5.53. The third-order valence-electron chi connectivity index (χ3n) is 2.81. The van der Waals surface area contributed by atoms with E-state index in [4.69, 9.17) is 5.26 Å². The van der Waals surface area contributed by atoms with E-state index >= 15 is 0 Å². The third kappa shape index (κ3) is 2.27. The normalized spacial score (nSPS) is 17.6. The number of nitrogens with zero attached hydrogens (tertiary/aromatic N) is 2. The Balaban J connectivity index is 2.63. The van der Waals surface area contributed by atoms with Crippen LogP contribution in [0.5, 0.6) is 0 Å². The summed E-state index contributed by atoms with van der Waals surface area (Å²) in [5.41, 5.74) is 1.37. The fourth-order valence-corrected chi connectivity index (χ4v) is 3.12. The van der Waals surface area contributed by atoms with Crippen molar-refractivity contribution in [1.29, 1.82) is 5.26 Å². The average molecular weight is 265 g/mol. The van der Waals surface area contributed by atoms with Crippen molar-refractivity contribution in [3.63, 3.8) is 0 Å². The molecule has 1 aromatic carbocycles. The summed E-state index contributed by atoms with van der Waals surface area (Å²) in [7, 11) is -3.35. The number of benzene rings is 1. The second-order valence-corrected chi connectivity index (χ2v) is 7.03. The van der Waals surface area contributed by atoms with Crippen molar-refractivity contribution in [2.45, 2.75) is 19.4 Å². The van der Waals surface area contributed by atoms with Crippen LogP contribution in [-0.2, 0) is 10.0 Å². The first kappa shape index (κ1) is 12.7. The van der Waals surface area contributed by atoms with E-state index in [1.807, 2.05) is 19.9 Å². The molecule has 0 saturated carbocycles. The summed E-state index contributed by atoms with van der Waals surface area (Å²) in [5, 5.41) is 12.2. The van der Waals surface area contributed by atoms with E-state index in [2.05, 4.69) is 5.32 Å². The Morgan fingerprint density at radius 2 is 2.11 bits per heavy atom. The molecule has 0 saturated heterocycles. The lowest BCUT2D eigenvalue weighted by Gasteiger charge is -2.40. The maximum atomic E-state index is 11.9. The van der Waals surface area contributed by atoms with Gasteiger partial charge in [-0.3, -0.25) is 4.31 Å². The SMILES string of the molecule is CC1(C)CN(S(C)(=O)=O)c2cc(C#N)ccc2N1. The predicted octanol–water partition coefficient (Wildman–Crippen LogP) is 1.53. The molecule has 18 heavy (non-hydrogen) atoms. The molecule has 1 N–H and O–H groups in total. The zero-order valence-corrected chi connectivity index (χ0v) is 11.4. The minimum atomic E-state index is -3.35. The molecule has 0 spiro atoms. The molecule has 0 bridgehead atoms. The lowest BCUT2D eigenvalue weighted by Crippen LogP contribution is -2.50. The number of nitrogens with one attached hydrogen (secondary N) is 1. The molecule has 0 aliphatic carbocycles. The zero-order chi connectivity index (χ0) is 13.6. The molecular weight excluding hydrogens is 250 g/mol. The number of nitriles is 1. The molecular formula is C12H15N3O2S. The van der Waals surface area contributed by atoms with E-state index in [0.717, 1.165) is 5.69 Å². The molecule has 0 unspecified atom stereocenters. The Kier molecular flexibility index (Phi) is 2.74. The van der Waals surface area contributed by atoms with Gasteiger partial charge in [-0.05, 0) is 32.0 Å². The first-order valence-corrected chi connectivity index (χ1v) is 7.38. The molecule has 0 atom stereocenters. The lowest BCUT2D eigenvalue weighted by molar-refractivity contribution is 0.546. The molecule has 1 heterocycles. The minimum absolute atomic E-state index is 0.341. The minimum Gasteiger partial charge on any atom is -0.377 e. The average Bonchev–Trinajstić information content (AvgIpc) is 2.25. The van der Waals surface area contributed by atoms with Gasteiger partial charge < -0.3 is 5.32 Å². The summed E-state index contributed by atoms with van der Waals surface area (Å²) in [6, 6.07) is 7.03. The van der Waals surface area contributed by atoms with Gasteiger partial charge in [0.2, 0.25) is 10.0 Å². The maximum absolute atomic E-state index is 11.9. The Hall–Kier alpha value is -1.74. The van der Waals surface area contributed by atoms with Crippen LogP contribution >= 0.6 is 0 Å². The van der Waals surface area contributed by atoms with Gasteiger partial charge in [0.05, 0.1) is 41.3 Å². The van der Waals surface area contributed by atoms with Crippen LogP contribution in [0.25, 0.3) is 0 Å². The van der Waals surface area contributed by atoms with E-state index < -0.39 is 10.0 Å². The second kappa shape index (κ2) is 3.89. The van der Waals surface area contributed by atoms with E-state index in [9.17, 15) is 8.42 Å². The van der Waals surface area contributed by atoms with Gasteiger partial charge >= 0.3 is 0 Å². The topological polar surface area (TPSA) is 73.2 Å². The summed E-state index contributed by atoms with van der Waals surface area (Å²) in [5.74, 6) is 0. The number of sulfonamides is 1. The molecule has 5 nitrogen and oxygen atoms in total. The summed E-state index contributed by atoms with van der Waals surface area (Å²) in [4.78, 5) is 0. The molecule has 1 aliphatic heterocycles. The number of hydrogen-bond acceptors (Lipinski definition) is 4. The number of hydrogen-bond donors (Lipinski definition) is 1. The van der Waals surface area contributed by atoms with Crippen LogP contribution in [0.1, 0.15) is 19.4 Å². The largest absolute Gasteiger partial charge is 0.377 e. The molecule has 2 rings (SSSR count). The van der Waals surface area contributed by atoms with Crippen molar-refractivity contribution in [1.82, 2.24) is 0 Å². The van der Waals surface area contributed by atoms with Crippen LogP contribution in [-0.4, -0.2) is 26.8 Å². The van der Waals surface area contributed by atoms with E-state index in [1.54, 1.807) is 18.2 Å². The van der Waals surface area contributed by atoms with Crippen LogP contribution in [0.15, 0.2) is 18.2 Å². The van der Waals surface area contributed by atoms with E-state index in [-0.39, 0.29) is 5.54 Å². The van der Waals surface area contributed by atoms with E-state index in [1.165, 1.54) is 10.6 Å². The molecule has 0 radical (unpaired) electrons. The molecule has 1 aromatic rings. The fourth-order valence-electron chi connectivity index (χ4n) is 2.06. The van der Waals surface area contributed by atoms with Crippen molar-refractivity contribution in [3.8, 4) is 6.07 Å². The molecule has 0 aromatic heterocycles. The summed E-state index contributed by atoms with van der Waals surface area (Å²) in [6.45, 7) is 4.21. The van der Waals surface area contributed by atoms with Crippen molar-refractivity contribution >= 4 is 21.4 Å². The van der Waals surface area contributed by atoms with Crippen molar-refractivity contribution in [2.75, 3.05) is 22.4 Å². The lowest BCUT2D eigenvalue weighted by atomic mass is 10.0. The highest BCUT2D eigenvalue weighted by atomic mass is 32.2. The number of rotatable bonds is 1. The van der Waals surface area contributed by atoms with Crippen LogP contribution in [0, 0.1) is 11.3 Å². The smallest absolute Gasteiger partial charge is 0.232 e. The third-order valence-corrected chi connectivity index (χ3v) is 3.93. The molecule has 0 amide bonds. The highest BCUT2D eigenvalue weighted by Gasteiger charge is 2.34. The number of fused-ring (bicyclic) bond motifs is 1. The maximum Gasteiger partial charge on any atom is 0.232 e. The highest BCUT2D eigenvalue weighted by Crippen LogP contribution is 2.36. The van der Waals surface area contributed by atoms with Crippen molar-refractivity contribution in [3.05, 3.63) is 23.8 Å². The molecule has 0 fully saturated rings. The molecule has 6 heteroatoms. The van der Waals surface area contributed by atoms with Gasteiger partial charge in [-0.2, -0.15) is 5.26 Å². The van der Waals surface area contributed by atoms with Crippen LogP contribution in [0.4, 0.5) is 11.4 Å². The number of anilines is 2. The second-order valence-electron chi connectivity index (χ2n) is 5.12. The van der Waals surface area contributed by atoms with Gasteiger partial charge in [-0.25, -0.2) is 8.42 Å². The van der Waals surface area contributed by atoms with Crippen LogP contribution in [0.3, 0.4) is 0 Å². The molecule has 96 valence electrons. The van der Waals surface area contributed by atoms with Gasteiger partial charge in [0, 0.05) is 0 Å².